The Kier molecular flexibility index (Phi) is 6.12. The van der Waals surface area contributed by atoms with Gasteiger partial charge in [0.25, 0.3) is 5.91 Å². The van der Waals surface area contributed by atoms with Gasteiger partial charge in [-0.05, 0) is 43.0 Å². The van der Waals surface area contributed by atoms with Crippen LogP contribution in [0.2, 0.25) is 10.2 Å². The van der Waals surface area contributed by atoms with Crippen LogP contribution >= 0.6 is 23.2 Å². The van der Waals surface area contributed by atoms with Crippen molar-refractivity contribution in [2.45, 2.75) is 51.2 Å². The number of aromatic nitrogens is 2. The number of aryl methyl sites for hydroxylation is 1. The molecule has 2 N–H and O–H groups in total. The van der Waals surface area contributed by atoms with E-state index in [1.165, 1.54) is 0 Å². The predicted octanol–water partition coefficient (Wildman–Crippen LogP) is 3.72. The normalized spacial score (nSPS) is 20.0. The lowest BCUT2D eigenvalue weighted by molar-refractivity contribution is 0.0713. The molecule has 3 rings (SSSR count). The Morgan fingerprint density at radius 3 is 2.77 bits per heavy atom. The highest BCUT2D eigenvalue weighted by molar-refractivity contribution is 6.32. The van der Waals surface area contributed by atoms with Crippen LogP contribution in [-0.4, -0.2) is 33.1 Å². The van der Waals surface area contributed by atoms with Crippen LogP contribution in [0.1, 0.15) is 53.0 Å². The van der Waals surface area contributed by atoms with Gasteiger partial charge >= 0.3 is 0 Å². The largest absolute Gasteiger partial charge is 0.391 e. The number of nitrogens with one attached hydrogen (secondary N) is 1. The van der Waals surface area contributed by atoms with Crippen molar-refractivity contribution in [1.82, 2.24) is 15.3 Å². The van der Waals surface area contributed by atoms with Crippen molar-refractivity contribution >= 4 is 29.1 Å². The van der Waals surface area contributed by atoms with Crippen molar-refractivity contribution in [2.75, 3.05) is 0 Å². The van der Waals surface area contributed by atoms with E-state index < -0.39 is 6.10 Å². The molecule has 1 amide bonds. The van der Waals surface area contributed by atoms with E-state index in [9.17, 15) is 9.90 Å². The zero-order chi connectivity index (χ0) is 18.7. The molecule has 7 heteroatoms. The van der Waals surface area contributed by atoms with Crippen molar-refractivity contribution in [3.8, 4) is 0 Å². The number of hydrogen-bond acceptors (Lipinski definition) is 4. The fourth-order valence-corrected chi connectivity index (χ4v) is 3.50. The molecule has 2 atom stereocenters. The molecule has 0 radical (unpaired) electrons. The van der Waals surface area contributed by atoms with Crippen molar-refractivity contribution in [1.29, 1.82) is 0 Å². The van der Waals surface area contributed by atoms with Crippen LogP contribution in [0.25, 0.3) is 0 Å². The number of pyridine rings is 2. The van der Waals surface area contributed by atoms with E-state index in [-0.39, 0.29) is 11.9 Å². The Balaban J connectivity index is 1.80. The molecule has 1 saturated carbocycles. The maximum Gasteiger partial charge on any atom is 0.270 e. The number of nitrogens with zero attached hydrogens (tertiary/aromatic N) is 2. The van der Waals surface area contributed by atoms with Gasteiger partial charge in [-0.25, -0.2) is 9.97 Å². The molecule has 0 saturated heterocycles. The Morgan fingerprint density at radius 1 is 1.31 bits per heavy atom. The first kappa shape index (κ1) is 19.1. The molecule has 1 aliphatic carbocycles. The van der Waals surface area contributed by atoms with Gasteiger partial charge in [-0.1, -0.05) is 42.1 Å². The minimum Gasteiger partial charge on any atom is -0.391 e. The van der Waals surface area contributed by atoms with Gasteiger partial charge in [0, 0.05) is 12.6 Å². The summed E-state index contributed by atoms with van der Waals surface area (Å²) in [4.78, 5) is 21.0. The van der Waals surface area contributed by atoms with Crippen LogP contribution in [-0.2, 0) is 6.42 Å². The summed E-state index contributed by atoms with van der Waals surface area (Å²) in [6.45, 7) is 1.78. The van der Waals surface area contributed by atoms with E-state index >= 15 is 0 Å². The third-order valence-electron chi connectivity index (χ3n) is 4.66. The molecular formula is C19H21Cl2N3O2. The fourth-order valence-electron chi connectivity index (χ4n) is 3.22. The molecule has 0 spiro atoms. The zero-order valence-electron chi connectivity index (χ0n) is 14.5. The van der Waals surface area contributed by atoms with E-state index in [0.717, 1.165) is 30.4 Å². The number of aliphatic hydroxyl groups is 1. The number of rotatable bonds is 4. The molecule has 2 aromatic heterocycles. The van der Waals surface area contributed by atoms with Crippen molar-refractivity contribution < 1.29 is 9.90 Å². The lowest BCUT2D eigenvalue weighted by Crippen LogP contribution is -2.45. The number of carbonyl (C=O) groups is 1. The summed E-state index contributed by atoms with van der Waals surface area (Å²) >= 11 is 12.2. The molecule has 0 aliphatic heterocycles. The number of hydrogen-bond donors (Lipinski definition) is 2. The summed E-state index contributed by atoms with van der Waals surface area (Å²) in [6, 6.07) is 5.07. The second kappa shape index (κ2) is 8.33. The predicted molar refractivity (Wildman–Crippen MR) is 102 cm³/mol. The van der Waals surface area contributed by atoms with Crippen molar-refractivity contribution in [3.63, 3.8) is 0 Å². The van der Waals surface area contributed by atoms with Gasteiger partial charge in [-0.3, -0.25) is 4.79 Å². The average Bonchev–Trinajstić information content (AvgIpc) is 2.62. The van der Waals surface area contributed by atoms with Gasteiger partial charge in [-0.2, -0.15) is 0 Å². The Labute approximate surface area is 162 Å². The molecule has 2 aromatic rings. The topological polar surface area (TPSA) is 75.1 Å². The van der Waals surface area contributed by atoms with Crippen LogP contribution in [0.15, 0.2) is 24.4 Å². The quantitative estimate of drug-likeness (QED) is 0.776. The van der Waals surface area contributed by atoms with Gasteiger partial charge < -0.3 is 10.4 Å². The number of amides is 1. The maximum atomic E-state index is 12.6. The lowest BCUT2D eigenvalue weighted by atomic mass is 9.92. The molecule has 1 fully saturated rings. The minimum absolute atomic E-state index is 0.224. The van der Waals surface area contributed by atoms with E-state index in [1.54, 1.807) is 25.3 Å². The maximum absolute atomic E-state index is 12.6. The molecule has 0 unspecified atom stereocenters. The van der Waals surface area contributed by atoms with Gasteiger partial charge in [-0.15, -0.1) is 0 Å². The monoisotopic (exact) mass is 393 g/mol. The van der Waals surface area contributed by atoms with Crippen LogP contribution < -0.4 is 5.32 Å². The average molecular weight is 394 g/mol. The smallest absolute Gasteiger partial charge is 0.270 e. The second-order valence-corrected chi connectivity index (χ2v) is 7.43. The summed E-state index contributed by atoms with van der Waals surface area (Å²) in [5, 5.41) is 13.9. The standard InChI is InChI=1S/C19H21Cl2N3O2/c1-11-18(21)13(8-12-6-7-17(20)22-10-12)9-15(23-11)19(26)24-14-4-2-3-5-16(14)25/h6-7,9-10,14,16,25H,2-5,8H2,1H3,(H,24,26)/t14-,16-/m0/s1. The summed E-state index contributed by atoms with van der Waals surface area (Å²) < 4.78 is 0. The Bertz CT molecular complexity index is 796. The number of aliphatic hydroxyl groups excluding tert-OH is 1. The van der Waals surface area contributed by atoms with Gasteiger partial charge in [0.1, 0.15) is 10.8 Å². The molecule has 1 aliphatic rings. The molecule has 138 valence electrons. The van der Waals surface area contributed by atoms with Gasteiger partial charge in [0.05, 0.1) is 22.9 Å². The SMILES string of the molecule is Cc1nc(C(=O)N[C@H]2CCCC[C@@H]2O)cc(Cc2ccc(Cl)nc2)c1Cl. The first-order valence-corrected chi connectivity index (χ1v) is 9.45. The highest BCUT2D eigenvalue weighted by Gasteiger charge is 2.25. The molecular weight excluding hydrogens is 373 g/mol. The minimum atomic E-state index is -0.499. The first-order chi connectivity index (χ1) is 12.4. The third kappa shape index (κ3) is 4.53. The van der Waals surface area contributed by atoms with E-state index in [1.807, 2.05) is 6.07 Å². The van der Waals surface area contributed by atoms with E-state index in [2.05, 4.69) is 15.3 Å². The zero-order valence-corrected chi connectivity index (χ0v) is 16.0. The van der Waals surface area contributed by atoms with Gasteiger partial charge in [0.2, 0.25) is 0 Å². The van der Waals surface area contributed by atoms with E-state index in [4.69, 9.17) is 23.2 Å². The van der Waals surface area contributed by atoms with E-state index in [0.29, 0.717) is 34.4 Å². The molecule has 5 nitrogen and oxygen atoms in total. The number of halogens is 2. The molecule has 0 aromatic carbocycles. The Hall–Kier alpha value is -1.69. The lowest BCUT2D eigenvalue weighted by Gasteiger charge is -2.28. The van der Waals surface area contributed by atoms with Crippen LogP contribution in [0.3, 0.4) is 0 Å². The van der Waals surface area contributed by atoms with Crippen LogP contribution in [0.5, 0.6) is 0 Å². The summed E-state index contributed by atoms with van der Waals surface area (Å²) in [5.74, 6) is -0.286. The summed E-state index contributed by atoms with van der Waals surface area (Å²) in [6.07, 6.45) is 5.20. The van der Waals surface area contributed by atoms with Gasteiger partial charge in [0.15, 0.2) is 0 Å². The highest BCUT2D eigenvalue weighted by atomic mass is 35.5. The van der Waals surface area contributed by atoms with Crippen LogP contribution in [0, 0.1) is 6.92 Å². The molecule has 26 heavy (non-hydrogen) atoms. The van der Waals surface area contributed by atoms with Crippen LogP contribution in [0.4, 0.5) is 0 Å². The Morgan fingerprint density at radius 2 is 2.08 bits per heavy atom. The molecule has 2 heterocycles. The van der Waals surface area contributed by atoms with Crippen molar-refractivity contribution in [3.05, 3.63) is 57.1 Å². The first-order valence-electron chi connectivity index (χ1n) is 8.69. The second-order valence-electron chi connectivity index (χ2n) is 6.66. The fraction of sp³-hybridized carbons (Fsp3) is 0.421. The number of carbonyl (C=O) groups excluding carboxylic acids is 1. The summed E-state index contributed by atoms with van der Waals surface area (Å²) in [5.41, 5.74) is 2.65. The molecule has 0 bridgehead atoms. The van der Waals surface area contributed by atoms with Crippen molar-refractivity contribution in [2.24, 2.45) is 0 Å². The highest BCUT2D eigenvalue weighted by Crippen LogP contribution is 2.24. The summed E-state index contributed by atoms with van der Waals surface area (Å²) in [7, 11) is 0. The third-order valence-corrected chi connectivity index (χ3v) is 5.40.